The molecule has 11 heteroatoms. The molecule has 2 atom stereocenters. The van der Waals surface area contributed by atoms with Crippen molar-refractivity contribution in [3.05, 3.63) is 52.8 Å². The van der Waals surface area contributed by atoms with Gasteiger partial charge in [0.05, 0.1) is 41.6 Å². The number of benzene rings is 2. The van der Waals surface area contributed by atoms with Crippen LogP contribution < -0.4 is 20.5 Å². The van der Waals surface area contributed by atoms with Gasteiger partial charge in [-0.25, -0.2) is 4.39 Å². The van der Waals surface area contributed by atoms with Gasteiger partial charge in [0, 0.05) is 38.6 Å². The first-order valence-electron chi connectivity index (χ1n) is 11.6. The molecule has 1 amide bonds. The molecule has 0 aliphatic carbocycles. The minimum atomic E-state index is -0.281. The number of nitrogens with one attached hydrogen (secondary N) is 1. The average molecular weight is 544 g/mol. The number of hydrogen-bond donors (Lipinski definition) is 2. The van der Waals surface area contributed by atoms with E-state index in [1.165, 1.54) is 12.1 Å². The first kappa shape index (κ1) is 30.0. The number of nitrogens with zero attached hydrogens (tertiary/aromatic N) is 1. The van der Waals surface area contributed by atoms with E-state index in [9.17, 15) is 9.18 Å². The van der Waals surface area contributed by atoms with Crippen LogP contribution in [0.2, 0.25) is 5.02 Å². The quantitative estimate of drug-likeness (QED) is 0.311. The van der Waals surface area contributed by atoms with Crippen LogP contribution in [0.15, 0.2) is 36.4 Å². The van der Waals surface area contributed by atoms with Crippen LogP contribution in [0.25, 0.3) is 0 Å². The summed E-state index contributed by atoms with van der Waals surface area (Å²) in [4.78, 5) is 15.4. The maximum atomic E-state index is 13.1. The van der Waals surface area contributed by atoms with Gasteiger partial charge in [-0.05, 0) is 49.4 Å². The van der Waals surface area contributed by atoms with Crippen molar-refractivity contribution in [1.29, 1.82) is 0 Å². The number of carbonyl (C=O) groups excluding carboxylic acids is 1. The van der Waals surface area contributed by atoms with Crippen LogP contribution in [-0.4, -0.2) is 80.4 Å². The van der Waals surface area contributed by atoms with Crippen molar-refractivity contribution in [3.8, 4) is 11.5 Å². The van der Waals surface area contributed by atoms with Gasteiger partial charge in [-0.1, -0.05) is 11.6 Å². The van der Waals surface area contributed by atoms with E-state index in [1.54, 1.807) is 43.1 Å². The highest BCUT2D eigenvalue weighted by Gasteiger charge is 2.31. The van der Waals surface area contributed by atoms with Crippen molar-refractivity contribution in [2.75, 3.05) is 57.7 Å². The van der Waals surface area contributed by atoms with E-state index in [2.05, 4.69) is 10.2 Å². The number of hydrogen-bond acceptors (Lipinski definition) is 7. The summed E-state index contributed by atoms with van der Waals surface area (Å²) < 4.78 is 30.2. The molecule has 1 heterocycles. The second-order valence-electron chi connectivity index (χ2n) is 8.31. The molecule has 1 fully saturated rings. The van der Waals surface area contributed by atoms with Gasteiger partial charge in [-0.15, -0.1) is 0 Å². The van der Waals surface area contributed by atoms with Crippen LogP contribution in [0.5, 0.6) is 11.5 Å². The SMILES string of the molecule is COC1CN(CCCOc2ccc(F)cc2)CCC1NC(=O)c1cc(Cl)c(N)cc1OCCSC.O. The number of nitrogens with two attached hydrogens (primary N) is 1. The molecule has 2 aromatic carbocycles. The molecule has 0 aromatic heterocycles. The molecule has 36 heavy (non-hydrogen) atoms. The van der Waals surface area contributed by atoms with Crippen molar-refractivity contribution in [3.63, 3.8) is 0 Å². The van der Waals surface area contributed by atoms with E-state index in [1.807, 2.05) is 6.26 Å². The van der Waals surface area contributed by atoms with E-state index in [4.69, 9.17) is 31.5 Å². The number of piperidine rings is 1. The van der Waals surface area contributed by atoms with E-state index in [-0.39, 0.29) is 29.3 Å². The number of thioether (sulfide) groups is 1. The number of amides is 1. The Morgan fingerprint density at radius 3 is 2.69 bits per heavy atom. The fraction of sp³-hybridized carbons (Fsp3) is 0.480. The predicted octanol–water partition coefficient (Wildman–Crippen LogP) is 3.27. The van der Waals surface area contributed by atoms with Crippen molar-refractivity contribution in [2.45, 2.75) is 25.0 Å². The molecule has 1 saturated heterocycles. The Labute approximate surface area is 220 Å². The normalized spacial score (nSPS) is 17.8. The summed E-state index contributed by atoms with van der Waals surface area (Å²) in [6.45, 7) is 3.35. The smallest absolute Gasteiger partial charge is 0.255 e. The summed E-state index contributed by atoms with van der Waals surface area (Å²) in [7, 11) is 1.65. The number of methoxy groups -OCH3 is 1. The first-order chi connectivity index (χ1) is 16.9. The monoisotopic (exact) mass is 543 g/mol. The fourth-order valence-electron chi connectivity index (χ4n) is 3.94. The van der Waals surface area contributed by atoms with Crippen molar-refractivity contribution in [2.24, 2.45) is 0 Å². The van der Waals surface area contributed by atoms with Gasteiger partial charge < -0.3 is 35.6 Å². The third kappa shape index (κ3) is 8.70. The summed E-state index contributed by atoms with van der Waals surface area (Å²) in [5.74, 6) is 1.33. The molecule has 0 bridgehead atoms. The van der Waals surface area contributed by atoms with Gasteiger partial charge >= 0.3 is 0 Å². The van der Waals surface area contributed by atoms with Crippen LogP contribution in [0.1, 0.15) is 23.2 Å². The molecular formula is C25H35ClFN3O5S. The second-order valence-corrected chi connectivity index (χ2v) is 9.70. The van der Waals surface area contributed by atoms with Gasteiger partial charge in [0.2, 0.25) is 0 Å². The average Bonchev–Trinajstić information content (AvgIpc) is 2.85. The molecule has 8 nitrogen and oxygen atoms in total. The van der Waals surface area contributed by atoms with Gasteiger partial charge in [0.15, 0.2) is 0 Å². The zero-order valence-electron chi connectivity index (χ0n) is 20.6. The van der Waals surface area contributed by atoms with E-state index in [0.717, 1.165) is 31.7 Å². The maximum Gasteiger partial charge on any atom is 0.255 e. The summed E-state index contributed by atoms with van der Waals surface area (Å²) in [5, 5.41) is 3.41. The van der Waals surface area contributed by atoms with Gasteiger partial charge in [0.25, 0.3) is 5.91 Å². The van der Waals surface area contributed by atoms with Gasteiger partial charge in [-0.2, -0.15) is 11.8 Å². The number of rotatable bonds is 12. The highest BCUT2D eigenvalue weighted by Crippen LogP contribution is 2.29. The predicted molar refractivity (Wildman–Crippen MR) is 143 cm³/mol. The molecule has 2 unspecified atom stereocenters. The van der Waals surface area contributed by atoms with E-state index >= 15 is 0 Å². The lowest BCUT2D eigenvalue weighted by Gasteiger charge is -2.38. The summed E-state index contributed by atoms with van der Waals surface area (Å²) >= 11 is 7.85. The van der Waals surface area contributed by atoms with Crippen LogP contribution in [0, 0.1) is 5.82 Å². The van der Waals surface area contributed by atoms with Crippen LogP contribution >= 0.6 is 23.4 Å². The highest BCUT2D eigenvalue weighted by molar-refractivity contribution is 7.98. The standard InChI is InChI=1S/C25H33ClFN3O4S.H2O/c1-32-24-16-30(9-3-11-33-18-6-4-17(27)5-7-18)10-8-22(24)29-25(31)19-14-20(26)21(28)15-23(19)34-12-13-35-2;/h4-7,14-15,22,24H,3,8-13,16,28H2,1-2H3,(H,29,31);1H2. The summed E-state index contributed by atoms with van der Waals surface area (Å²) in [5.41, 5.74) is 6.66. The number of halogens is 2. The lowest BCUT2D eigenvalue weighted by atomic mass is 10.0. The lowest BCUT2D eigenvalue weighted by molar-refractivity contribution is 0.00526. The Kier molecular flexibility index (Phi) is 12.6. The molecule has 0 saturated carbocycles. The van der Waals surface area contributed by atoms with E-state index < -0.39 is 0 Å². The molecule has 1 aliphatic rings. The minimum Gasteiger partial charge on any atom is -0.494 e. The molecule has 200 valence electrons. The third-order valence-corrected chi connectivity index (χ3v) is 6.75. The number of carbonyl (C=O) groups is 1. The van der Waals surface area contributed by atoms with Gasteiger partial charge in [0.1, 0.15) is 17.3 Å². The Balaban J connectivity index is 0.00000456. The summed E-state index contributed by atoms with van der Waals surface area (Å²) in [6.07, 6.45) is 3.40. The van der Waals surface area contributed by atoms with Crippen LogP contribution in [0.4, 0.5) is 10.1 Å². The van der Waals surface area contributed by atoms with Crippen molar-refractivity contribution >= 4 is 35.0 Å². The zero-order valence-corrected chi connectivity index (χ0v) is 22.2. The van der Waals surface area contributed by atoms with Gasteiger partial charge in [-0.3, -0.25) is 4.79 Å². The molecule has 0 spiro atoms. The molecule has 0 radical (unpaired) electrons. The van der Waals surface area contributed by atoms with Crippen molar-refractivity contribution < 1.29 is 28.9 Å². The number of nitrogen functional groups attached to an aromatic ring is 1. The molecule has 3 rings (SSSR count). The zero-order chi connectivity index (χ0) is 25.2. The van der Waals surface area contributed by atoms with Crippen LogP contribution in [-0.2, 0) is 4.74 Å². The highest BCUT2D eigenvalue weighted by atomic mass is 35.5. The Morgan fingerprint density at radius 2 is 2.00 bits per heavy atom. The fourth-order valence-corrected chi connectivity index (χ4v) is 4.36. The molecule has 2 aromatic rings. The van der Waals surface area contributed by atoms with Crippen molar-refractivity contribution in [1.82, 2.24) is 10.2 Å². The Morgan fingerprint density at radius 1 is 1.25 bits per heavy atom. The maximum absolute atomic E-state index is 13.1. The molecule has 1 aliphatic heterocycles. The van der Waals surface area contributed by atoms with E-state index in [0.29, 0.717) is 47.5 Å². The number of anilines is 1. The largest absolute Gasteiger partial charge is 0.494 e. The minimum absolute atomic E-state index is 0. The third-order valence-electron chi connectivity index (χ3n) is 5.85. The molecular weight excluding hydrogens is 509 g/mol. The lowest BCUT2D eigenvalue weighted by Crippen LogP contribution is -2.55. The molecule has 5 N–H and O–H groups in total. The first-order valence-corrected chi connectivity index (χ1v) is 13.3. The second kappa shape index (κ2) is 15.1. The topological polar surface area (TPSA) is 118 Å². The number of ether oxygens (including phenoxy) is 3. The Bertz CT molecular complexity index is 969. The Hall–Kier alpha value is -2.24. The number of likely N-dealkylation sites (tertiary alicyclic amines) is 1. The summed E-state index contributed by atoms with van der Waals surface area (Å²) in [6, 6.07) is 9.02. The van der Waals surface area contributed by atoms with Crippen LogP contribution in [0.3, 0.4) is 0 Å².